The summed E-state index contributed by atoms with van der Waals surface area (Å²) in [6.07, 6.45) is 6.38. The average Bonchev–Trinajstić information content (AvgIpc) is 3.03. The Bertz CT molecular complexity index is 684. The van der Waals surface area contributed by atoms with Crippen molar-refractivity contribution in [1.29, 1.82) is 0 Å². The minimum absolute atomic E-state index is 0.0943. The van der Waals surface area contributed by atoms with E-state index in [4.69, 9.17) is 0 Å². The number of hydrogen-bond donors (Lipinski definition) is 1. The first-order valence-electron chi connectivity index (χ1n) is 10.7. The Kier molecular flexibility index (Phi) is 6.15. The monoisotopic (exact) mass is 371 g/mol. The zero-order valence-electron chi connectivity index (χ0n) is 18.0. The number of amides is 1. The fourth-order valence-corrected chi connectivity index (χ4v) is 4.38. The molecule has 150 valence electrons. The lowest BCUT2D eigenvalue weighted by molar-refractivity contribution is -0.123. The van der Waals surface area contributed by atoms with Gasteiger partial charge >= 0.3 is 0 Å². The van der Waals surface area contributed by atoms with E-state index in [1.807, 2.05) is 20.8 Å². The van der Waals surface area contributed by atoms with Crippen LogP contribution < -0.4 is 10.2 Å². The third-order valence-electron chi connectivity index (χ3n) is 6.04. The summed E-state index contributed by atoms with van der Waals surface area (Å²) in [5.74, 6) is 0.0943. The highest BCUT2D eigenvalue weighted by Gasteiger charge is 2.29. The van der Waals surface area contributed by atoms with Crippen LogP contribution in [0.15, 0.2) is 6.07 Å². The number of hydrogen-bond acceptors (Lipinski definition) is 3. The molecule has 27 heavy (non-hydrogen) atoms. The summed E-state index contributed by atoms with van der Waals surface area (Å²) in [5, 5.41) is 3.26. The normalized spacial score (nSPS) is 17.9. The van der Waals surface area contributed by atoms with E-state index in [1.54, 1.807) is 0 Å². The zero-order valence-corrected chi connectivity index (χ0v) is 18.0. The number of nitrogens with one attached hydrogen (secondary N) is 1. The van der Waals surface area contributed by atoms with Crippen LogP contribution in [0.25, 0.3) is 0 Å². The van der Waals surface area contributed by atoms with E-state index in [0.717, 1.165) is 25.2 Å². The number of nitrogens with zero attached hydrogens (tertiary/aromatic N) is 2. The summed E-state index contributed by atoms with van der Waals surface area (Å²) in [6, 6.07) is 2.23. The molecule has 0 saturated carbocycles. The van der Waals surface area contributed by atoms with E-state index in [2.05, 4.69) is 35.0 Å². The Morgan fingerprint density at radius 1 is 1.04 bits per heavy atom. The van der Waals surface area contributed by atoms with E-state index in [1.165, 1.54) is 67.7 Å². The van der Waals surface area contributed by atoms with Gasteiger partial charge < -0.3 is 15.1 Å². The highest BCUT2D eigenvalue weighted by atomic mass is 16.2. The van der Waals surface area contributed by atoms with Gasteiger partial charge in [0.2, 0.25) is 5.91 Å². The molecule has 1 fully saturated rings. The van der Waals surface area contributed by atoms with Crippen molar-refractivity contribution < 1.29 is 4.79 Å². The fraction of sp³-hybridized carbons (Fsp3) is 0.696. The Hall–Kier alpha value is -1.55. The van der Waals surface area contributed by atoms with Gasteiger partial charge in [0.1, 0.15) is 0 Å². The van der Waals surface area contributed by atoms with Crippen molar-refractivity contribution in [3.05, 3.63) is 22.8 Å². The Morgan fingerprint density at radius 2 is 1.74 bits per heavy atom. The molecule has 2 aliphatic rings. The molecule has 1 saturated heterocycles. The van der Waals surface area contributed by atoms with Gasteiger partial charge in [0, 0.05) is 18.5 Å². The van der Waals surface area contributed by atoms with Gasteiger partial charge in [-0.2, -0.15) is 0 Å². The molecule has 2 aliphatic heterocycles. The molecule has 4 heteroatoms. The van der Waals surface area contributed by atoms with Crippen LogP contribution in [0.2, 0.25) is 0 Å². The second kappa shape index (κ2) is 8.22. The SMILES string of the molecule is Cc1cc(C)c(NC(=O)C(C)(C)C)c2c1CCN2CCCN1CCCCC1. The first-order valence-corrected chi connectivity index (χ1v) is 10.7. The number of fused-ring (bicyclic) bond motifs is 1. The fourth-order valence-electron chi connectivity index (χ4n) is 4.38. The van der Waals surface area contributed by atoms with Gasteiger partial charge in [-0.15, -0.1) is 0 Å². The lowest BCUT2D eigenvalue weighted by Crippen LogP contribution is -2.33. The van der Waals surface area contributed by atoms with Gasteiger partial charge in [0.15, 0.2) is 0 Å². The summed E-state index contributed by atoms with van der Waals surface area (Å²) < 4.78 is 0. The van der Waals surface area contributed by atoms with Crippen LogP contribution in [-0.4, -0.2) is 43.5 Å². The van der Waals surface area contributed by atoms with E-state index in [9.17, 15) is 4.79 Å². The number of rotatable bonds is 5. The van der Waals surface area contributed by atoms with Gasteiger partial charge in [-0.05, 0) is 75.9 Å². The molecule has 0 aliphatic carbocycles. The molecule has 4 nitrogen and oxygen atoms in total. The molecule has 1 N–H and O–H groups in total. The quantitative estimate of drug-likeness (QED) is 0.826. The van der Waals surface area contributed by atoms with Gasteiger partial charge in [0.25, 0.3) is 0 Å². The highest BCUT2D eigenvalue weighted by Crippen LogP contribution is 2.40. The molecule has 0 atom stereocenters. The van der Waals surface area contributed by atoms with Crippen LogP contribution in [0.1, 0.15) is 63.1 Å². The Morgan fingerprint density at radius 3 is 2.41 bits per heavy atom. The van der Waals surface area contributed by atoms with Crippen LogP contribution in [0.5, 0.6) is 0 Å². The molecule has 1 amide bonds. The predicted octanol–water partition coefficient (Wildman–Crippen LogP) is 4.53. The molecule has 2 heterocycles. The van der Waals surface area contributed by atoms with Crippen molar-refractivity contribution in [3.63, 3.8) is 0 Å². The molecule has 0 unspecified atom stereocenters. The van der Waals surface area contributed by atoms with Crippen molar-refractivity contribution in [2.24, 2.45) is 5.41 Å². The van der Waals surface area contributed by atoms with Gasteiger partial charge in [-0.1, -0.05) is 33.3 Å². The lowest BCUT2D eigenvalue weighted by Gasteiger charge is -2.29. The van der Waals surface area contributed by atoms with Crippen LogP contribution >= 0.6 is 0 Å². The van der Waals surface area contributed by atoms with Crippen molar-refractivity contribution >= 4 is 17.3 Å². The summed E-state index contributed by atoms with van der Waals surface area (Å²) >= 11 is 0. The summed E-state index contributed by atoms with van der Waals surface area (Å²) in [5.41, 5.74) is 5.88. The maximum Gasteiger partial charge on any atom is 0.229 e. The molecule has 0 aromatic heterocycles. The molecular weight excluding hydrogens is 334 g/mol. The number of carbonyl (C=O) groups excluding carboxylic acids is 1. The zero-order chi connectivity index (χ0) is 19.6. The average molecular weight is 372 g/mol. The second-order valence-electron chi connectivity index (χ2n) is 9.41. The van der Waals surface area contributed by atoms with E-state index in [-0.39, 0.29) is 11.3 Å². The van der Waals surface area contributed by atoms with Crippen LogP contribution in [0.3, 0.4) is 0 Å². The number of carbonyl (C=O) groups is 1. The second-order valence-corrected chi connectivity index (χ2v) is 9.41. The van der Waals surface area contributed by atoms with Crippen molar-refractivity contribution in [2.45, 2.75) is 66.7 Å². The number of anilines is 2. The van der Waals surface area contributed by atoms with Gasteiger partial charge in [-0.25, -0.2) is 0 Å². The maximum atomic E-state index is 12.7. The van der Waals surface area contributed by atoms with E-state index < -0.39 is 0 Å². The van der Waals surface area contributed by atoms with E-state index >= 15 is 0 Å². The van der Waals surface area contributed by atoms with Gasteiger partial charge in [0.05, 0.1) is 11.4 Å². The standard InChI is InChI=1S/C23H37N3O/c1-17-16-18(2)20(24-22(27)23(3,4)5)21-19(17)10-15-26(21)14-9-13-25-11-7-6-8-12-25/h16H,6-15H2,1-5H3,(H,24,27). The number of aryl methyl sites for hydroxylation is 2. The van der Waals surface area contributed by atoms with Crippen LogP contribution in [0, 0.1) is 19.3 Å². The predicted molar refractivity (Wildman–Crippen MR) is 115 cm³/mol. The lowest BCUT2D eigenvalue weighted by atomic mass is 9.94. The summed E-state index contributed by atoms with van der Waals surface area (Å²) in [7, 11) is 0. The highest BCUT2D eigenvalue weighted by molar-refractivity contribution is 5.99. The number of likely N-dealkylation sites (tertiary alicyclic amines) is 1. The van der Waals surface area contributed by atoms with E-state index in [0.29, 0.717) is 0 Å². The molecule has 0 radical (unpaired) electrons. The third-order valence-corrected chi connectivity index (χ3v) is 6.04. The van der Waals surface area contributed by atoms with Crippen molar-refractivity contribution in [1.82, 2.24) is 4.90 Å². The first kappa shape index (κ1) is 20.2. The Labute approximate surface area is 165 Å². The molecule has 0 bridgehead atoms. The molecule has 1 aromatic carbocycles. The minimum atomic E-state index is -0.387. The topological polar surface area (TPSA) is 35.6 Å². The minimum Gasteiger partial charge on any atom is -0.369 e. The summed E-state index contributed by atoms with van der Waals surface area (Å²) in [4.78, 5) is 17.8. The smallest absolute Gasteiger partial charge is 0.229 e. The van der Waals surface area contributed by atoms with Crippen molar-refractivity contribution in [2.75, 3.05) is 42.9 Å². The number of benzene rings is 1. The van der Waals surface area contributed by atoms with Crippen molar-refractivity contribution in [3.8, 4) is 0 Å². The van der Waals surface area contributed by atoms with Crippen LogP contribution in [0.4, 0.5) is 11.4 Å². The Balaban J connectivity index is 1.75. The molecule has 0 spiro atoms. The molecule has 1 aromatic rings. The molecule has 3 rings (SSSR count). The largest absolute Gasteiger partial charge is 0.369 e. The first-order chi connectivity index (χ1) is 12.8. The van der Waals surface area contributed by atoms with Gasteiger partial charge in [-0.3, -0.25) is 4.79 Å². The third kappa shape index (κ3) is 4.66. The van der Waals surface area contributed by atoms with Crippen LogP contribution in [-0.2, 0) is 11.2 Å². The maximum absolute atomic E-state index is 12.7. The summed E-state index contributed by atoms with van der Waals surface area (Å²) in [6.45, 7) is 16.1. The molecular formula is C23H37N3O. The number of piperidine rings is 1.